The van der Waals surface area contributed by atoms with E-state index in [1.165, 1.54) is 16.5 Å². The van der Waals surface area contributed by atoms with Crippen LogP contribution in [0.2, 0.25) is 0 Å². The Bertz CT molecular complexity index is 636. The molecule has 2 rings (SSSR count). The quantitative estimate of drug-likeness (QED) is 0.661. The van der Waals surface area contributed by atoms with Crippen LogP contribution in [0, 0.1) is 12.8 Å². The zero-order chi connectivity index (χ0) is 16.1. The fourth-order valence-corrected chi connectivity index (χ4v) is 2.38. The number of urea groups is 1. The predicted molar refractivity (Wildman–Crippen MR) is 89.0 cm³/mol. The average molecular weight is 303 g/mol. The number of benzene rings is 1. The molecule has 120 valence electrons. The lowest BCUT2D eigenvalue weighted by Gasteiger charge is -2.19. The van der Waals surface area contributed by atoms with E-state index in [2.05, 4.69) is 40.7 Å². The summed E-state index contributed by atoms with van der Waals surface area (Å²) in [6.07, 6.45) is 2.78. The van der Waals surface area contributed by atoms with Gasteiger partial charge in [0.15, 0.2) is 0 Å². The molecule has 0 aliphatic carbocycles. The third kappa shape index (κ3) is 4.01. The van der Waals surface area contributed by atoms with Gasteiger partial charge in [0.2, 0.25) is 0 Å². The molecule has 22 heavy (non-hydrogen) atoms. The number of aryl methyl sites for hydroxylation is 1. The third-order valence-corrected chi connectivity index (χ3v) is 4.10. The largest absolute Gasteiger partial charge is 0.396 e. The van der Waals surface area contributed by atoms with Gasteiger partial charge in [-0.3, -0.25) is 0 Å². The van der Waals surface area contributed by atoms with Crippen molar-refractivity contribution < 1.29 is 9.90 Å². The first-order valence-corrected chi connectivity index (χ1v) is 7.73. The molecule has 0 bridgehead atoms. The molecule has 1 aromatic carbocycles. The Morgan fingerprint density at radius 2 is 2.14 bits per heavy atom. The Morgan fingerprint density at radius 1 is 1.36 bits per heavy atom. The van der Waals surface area contributed by atoms with E-state index < -0.39 is 0 Å². The Labute approximate surface area is 131 Å². The van der Waals surface area contributed by atoms with E-state index >= 15 is 0 Å². The molecule has 0 saturated heterocycles. The summed E-state index contributed by atoms with van der Waals surface area (Å²) in [5, 5.41) is 16.0. The summed E-state index contributed by atoms with van der Waals surface area (Å²) >= 11 is 0. The molecule has 2 unspecified atom stereocenters. The number of nitrogens with one attached hydrogen (secondary N) is 3. The summed E-state index contributed by atoms with van der Waals surface area (Å²) in [6.45, 7) is 6.50. The molecule has 5 heteroatoms. The van der Waals surface area contributed by atoms with Crippen molar-refractivity contribution in [3.63, 3.8) is 0 Å². The van der Waals surface area contributed by atoms with Crippen molar-refractivity contribution in [2.24, 2.45) is 5.92 Å². The van der Waals surface area contributed by atoms with Crippen LogP contribution in [0.25, 0.3) is 10.9 Å². The van der Waals surface area contributed by atoms with E-state index in [0.29, 0.717) is 6.54 Å². The fraction of sp³-hybridized carbons (Fsp3) is 0.471. The van der Waals surface area contributed by atoms with Crippen molar-refractivity contribution >= 4 is 16.9 Å². The standard InChI is InChI=1S/C17H25N3O2/c1-11-4-5-15-14(9-19-16(15)8-11)6-7-18-17(22)20-13(3)12(2)10-21/h4-5,8-9,12-13,19,21H,6-7,10H2,1-3H3,(H2,18,20,22). The van der Waals surface area contributed by atoms with E-state index in [9.17, 15) is 4.79 Å². The number of aliphatic hydroxyl groups excluding tert-OH is 1. The van der Waals surface area contributed by atoms with Crippen LogP contribution in [0.4, 0.5) is 4.79 Å². The second-order valence-electron chi connectivity index (χ2n) is 5.96. The number of rotatable bonds is 6. The third-order valence-electron chi connectivity index (χ3n) is 4.10. The maximum atomic E-state index is 11.8. The van der Waals surface area contributed by atoms with Gasteiger partial charge in [-0.05, 0) is 43.4 Å². The number of fused-ring (bicyclic) bond motifs is 1. The molecule has 1 heterocycles. The number of aliphatic hydroxyl groups is 1. The number of aromatic amines is 1. The first kappa shape index (κ1) is 16.4. The van der Waals surface area contributed by atoms with Crippen LogP contribution in [-0.4, -0.2) is 35.3 Å². The van der Waals surface area contributed by atoms with E-state index in [-0.39, 0.29) is 24.6 Å². The lowest BCUT2D eigenvalue weighted by Crippen LogP contribution is -2.44. The number of carbonyl (C=O) groups is 1. The highest BCUT2D eigenvalue weighted by molar-refractivity contribution is 5.83. The van der Waals surface area contributed by atoms with Crippen molar-refractivity contribution in [1.82, 2.24) is 15.6 Å². The van der Waals surface area contributed by atoms with Crippen LogP contribution in [-0.2, 0) is 6.42 Å². The molecule has 2 amide bonds. The molecule has 0 spiro atoms. The van der Waals surface area contributed by atoms with Gasteiger partial charge in [-0.25, -0.2) is 4.79 Å². The summed E-state index contributed by atoms with van der Waals surface area (Å²) in [7, 11) is 0. The van der Waals surface area contributed by atoms with Crippen LogP contribution in [0.15, 0.2) is 24.4 Å². The normalized spacial score (nSPS) is 13.8. The van der Waals surface area contributed by atoms with Crippen LogP contribution in [0.1, 0.15) is 25.0 Å². The minimum Gasteiger partial charge on any atom is -0.396 e. The Kier molecular flexibility index (Phi) is 5.44. The molecule has 0 fully saturated rings. The highest BCUT2D eigenvalue weighted by atomic mass is 16.3. The van der Waals surface area contributed by atoms with Crippen LogP contribution >= 0.6 is 0 Å². The van der Waals surface area contributed by atoms with Gasteiger partial charge >= 0.3 is 6.03 Å². The number of aromatic nitrogens is 1. The summed E-state index contributed by atoms with van der Waals surface area (Å²) in [5.74, 6) is 0.0441. The lowest BCUT2D eigenvalue weighted by molar-refractivity contribution is 0.200. The van der Waals surface area contributed by atoms with Crippen molar-refractivity contribution in [3.05, 3.63) is 35.5 Å². The predicted octanol–water partition coefficient (Wildman–Crippen LogP) is 2.33. The van der Waals surface area contributed by atoms with Crippen LogP contribution < -0.4 is 10.6 Å². The number of carbonyl (C=O) groups excluding carboxylic acids is 1. The lowest BCUT2D eigenvalue weighted by atomic mass is 10.1. The molecule has 0 radical (unpaired) electrons. The summed E-state index contributed by atoms with van der Waals surface area (Å²) in [6, 6.07) is 6.08. The van der Waals surface area contributed by atoms with Gasteiger partial charge < -0.3 is 20.7 Å². The summed E-state index contributed by atoms with van der Waals surface area (Å²) in [5.41, 5.74) is 3.56. The summed E-state index contributed by atoms with van der Waals surface area (Å²) < 4.78 is 0. The molecule has 2 aromatic rings. The number of hydrogen-bond donors (Lipinski definition) is 4. The van der Waals surface area contributed by atoms with Crippen LogP contribution in [0.5, 0.6) is 0 Å². The van der Waals surface area contributed by atoms with Gasteiger partial charge in [0.05, 0.1) is 0 Å². The minimum absolute atomic E-state index is 0.0441. The van der Waals surface area contributed by atoms with Gasteiger partial charge in [0.25, 0.3) is 0 Å². The van der Waals surface area contributed by atoms with E-state index in [1.807, 2.05) is 20.0 Å². The molecular formula is C17H25N3O2. The smallest absolute Gasteiger partial charge is 0.315 e. The molecule has 0 aliphatic rings. The maximum absolute atomic E-state index is 11.8. The topological polar surface area (TPSA) is 77.2 Å². The highest BCUT2D eigenvalue weighted by Crippen LogP contribution is 2.19. The van der Waals surface area contributed by atoms with Crippen molar-refractivity contribution in [3.8, 4) is 0 Å². The van der Waals surface area contributed by atoms with Gasteiger partial charge in [-0.1, -0.05) is 19.1 Å². The molecule has 4 N–H and O–H groups in total. The van der Waals surface area contributed by atoms with Crippen molar-refractivity contribution in [1.29, 1.82) is 0 Å². The minimum atomic E-state index is -0.191. The van der Waals surface area contributed by atoms with Crippen molar-refractivity contribution in [2.45, 2.75) is 33.2 Å². The van der Waals surface area contributed by atoms with Gasteiger partial charge in [0.1, 0.15) is 0 Å². The Balaban J connectivity index is 1.84. The monoisotopic (exact) mass is 303 g/mol. The fourth-order valence-electron chi connectivity index (χ4n) is 2.38. The van der Waals surface area contributed by atoms with Gasteiger partial charge in [-0.2, -0.15) is 0 Å². The SMILES string of the molecule is Cc1ccc2c(CCNC(=O)NC(C)C(C)CO)c[nH]c2c1. The average Bonchev–Trinajstić information content (AvgIpc) is 2.88. The highest BCUT2D eigenvalue weighted by Gasteiger charge is 2.13. The second kappa shape index (κ2) is 7.31. The first-order valence-electron chi connectivity index (χ1n) is 7.73. The molecule has 0 aliphatic heterocycles. The van der Waals surface area contributed by atoms with Crippen LogP contribution in [0.3, 0.4) is 0 Å². The van der Waals surface area contributed by atoms with E-state index in [1.54, 1.807) is 0 Å². The van der Waals surface area contributed by atoms with E-state index in [0.717, 1.165) is 11.9 Å². The zero-order valence-corrected chi connectivity index (χ0v) is 13.4. The summed E-state index contributed by atoms with van der Waals surface area (Å²) in [4.78, 5) is 15.1. The van der Waals surface area contributed by atoms with Gasteiger partial charge in [-0.15, -0.1) is 0 Å². The Hall–Kier alpha value is -2.01. The molecule has 5 nitrogen and oxygen atoms in total. The second-order valence-corrected chi connectivity index (χ2v) is 5.96. The molecule has 2 atom stereocenters. The van der Waals surface area contributed by atoms with Gasteiger partial charge in [0, 0.05) is 36.3 Å². The zero-order valence-electron chi connectivity index (χ0n) is 13.4. The van der Waals surface area contributed by atoms with Crippen molar-refractivity contribution in [2.75, 3.05) is 13.2 Å². The number of amides is 2. The Morgan fingerprint density at radius 3 is 2.86 bits per heavy atom. The number of H-pyrrole nitrogens is 1. The van der Waals surface area contributed by atoms with E-state index in [4.69, 9.17) is 5.11 Å². The maximum Gasteiger partial charge on any atom is 0.315 e. The molecular weight excluding hydrogens is 278 g/mol. The number of hydrogen-bond acceptors (Lipinski definition) is 2. The molecule has 0 saturated carbocycles. The molecule has 1 aromatic heterocycles. The first-order chi connectivity index (χ1) is 10.5.